The van der Waals surface area contributed by atoms with Crippen molar-refractivity contribution in [2.75, 3.05) is 13.2 Å². The molecule has 0 aromatic carbocycles. The van der Waals surface area contributed by atoms with Crippen molar-refractivity contribution in [1.29, 1.82) is 0 Å². The summed E-state index contributed by atoms with van der Waals surface area (Å²) < 4.78 is 5.33. The minimum absolute atomic E-state index is 0.00328. The number of nitrogens with zero attached hydrogens (tertiary/aromatic N) is 1. The van der Waals surface area contributed by atoms with E-state index in [1.807, 2.05) is 20.8 Å². The number of amides is 1. The van der Waals surface area contributed by atoms with Crippen LogP contribution in [0.3, 0.4) is 0 Å². The van der Waals surface area contributed by atoms with Gasteiger partial charge < -0.3 is 14.7 Å². The Bertz CT molecular complexity index is 330. The van der Waals surface area contributed by atoms with Gasteiger partial charge in [-0.3, -0.25) is 0 Å². The van der Waals surface area contributed by atoms with Crippen LogP contribution in [-0.4, -0.2) is 40.9 Å². The number of rotatable bonds is 1. The average molecular weight is 225 g/mol. The van der Waals surface area contributed by atoms with Crippen LogP contribution >= 0.6 is 0 Å². The van der Waals surface area contributed by atoms with Gasteiger partial charge in [-0.2, -0.15) is 0 Å². The Kier molecular flexibility index (Phi) is 2.70. The highest BCUT2D eigenvalue weighted by Gasteiger charge is 2.40. The largest absolute Gasteiger partial charge is 0.444 e. The maximum atomic E-state index is 11.9. The topological polar surface area (TPSA) is 49.8 Å². The van der Waals surface area contributed by atoms with Gasteiger partial charge >= 0.3 is 6.09 Å². The summed E-state index contributed by atoms with van der Waals surface area (Å²) in [5.41, 5.74) is 0.896. The van der Waals surface area contributed by atoms with Gasteiger partial charge in [0, 0.05) is 12.5 Å². The molecule has 0 spiro atoms. The van der Waals surface area contributed by atoms with Crippen molar-refractivity contribution in [1.82, 2.24) is 4.90 Å². The lowest BCUT2D eigenvalue weighted by atomic mass is 10.0. The highest BCUT2D eigenvalue weighted by atomic mass is 16.6. The lowest BCUT2D eigenvalue weighted by molar-refractivity contribution is 0.00532. The quantitative estimate of drug-likeness (QED) is 0.689. The van der Waals surface area contributed by atoms with E-state index < -0.39 is 5.60 Å². The molecular weight excluding hydrogens is 206 g/mol. The van der Waals surface area contributed by atoms with E-state index in [9.17, 15) is 9.90 Å². The summed E-state index contributed by atoms with van der Waals surface area (Å²) >= 11 is 0. The van der Waals surface area contributed by atoms with Gasteiger partial charge in [-0.1, -0.05) is 11.6 Å². The van der Waals surface area contributed by atoms with Crippen LogP contribution in [0, 0.1) is 5.92 Å². The summed E-state index contributed by atoms with van der Waals surface area (Å²) in [6, 6.07) is -0.111. The first-order valence-corrected chi connectivity index (χ1v) is 5.72. The monoisotopic (exact) mass is 225 g/mol. The van der Waals surface area contributed by atoms with E-state index in [1.54, 1.807) is 4.90 Å². The van der Waals surface area contributed by atoms with Crippen molar-refractivity contribution in [3.8, 4) is 0 Å². The van der Waals surface area contributed by atoms with Gasteiger partial charge in [-0.25, -0.2) is 4.79 Å². The summed E-state index contributed by atoms with van der Waals surface area (Å²) in [6.45, 7) is 6.22. The number of carbonyl (C=O) groups excluding carboxylic acids is 1. The van der Waals surface area contributed by atoms with Gasteiger partial charge in [0.25, 0.3) is 0 Å². The molecule has 0 aromatic rings. The molecule has 1 fully saturated rings. The van der Waals surface area contributed by atoms with Crippen molar-refractivity contribution in [3.05, 3.63) is 11.6 Å². The highest BCUT2D eigenvalue weighted by Crippen LogP contribution is 2.39. The second-order valence-electron chi connectivity index (χ2n) is 5.52. The molecule has 2 rings (SSSR count). The van der Waals surface area contributed by atoms with E-state index in [2.05, 4.69) is 6.08 Å². The van der Waals surface area contributed by atoms with Crippen LogP contribution in [-0.2, 0) is 4.74 Å². The normalized spacial score (nSPS) is 28.2. The van der Waals surface area contributed by atoms with Gasteiger partial charge in [0.2, 0.25) is 0 Å². The molecule has 2 atom stereocenters. The van der Waals surface area contributed by atoms with Gasteiger partial charge in [0.1, 0.15) is 5.60 Å². The van der Waals surface area contributed by atoms with Crippen LogP contribution in [0.2, 0.25) is 0 Å². The maximum Gasteiger partial charge on any atom is 0.410 e. The molecule has 1 aliphatic carbocycles. The molecule has 2 aliphatic rings. The van der Waals surface area contributed by atoms with Gasteiger partial charge in [0.05, 0.1) is 12.6 Å². The number of likely N-dealkylation sites (tertiary alicyclic amines) is 1. The SMILES string of the molecule is CC(C)(C)OC(=O)N1C[C@H]2C=C2C[C@H]1CO. The highest BCUT2D eigenvalue weighted by molar-refractivity contribution is 5.69. The van der Waals surface area contributed by atoms with E-state index in [0.29, 0.717) is 12.5 Å². The lowest BCUT2D eigenvalue weighted by Crippen LogP contribution is -2.48. The fourth-order valence-electron chi connectivity index (χ4n) is 2.05. The first-order valence-electron chi connectivity index (χ1n) is 5.72. The molecule has 1 saturated heterocycles. The fraction of sp³-hybridized carbons (Fsp3) is 0.750. The second-order valence-corrected chi connectivity index (χ2v) is 5.52. The van der Waals surface area contributed by atoms with Gasteiger partial charge in [0.15, 0.2) is 0 Å². The summed E-state index contributed by atoms with van der Waals surface area (Å²) in [6.07, 6.45) is 2.64. The fourth-order valence-corrected chi connectivity index (χ4v) is 2.05. The number of aliphatic hydroxyl groups excluding tert-OH is 1. The molecule has 1 aliphatic heterocycles. The lowest BCUT2D eigenvalue weighted by Gasteiger charge is -2.35. The molecule has 0 aromatic heterocycles. The molecule has 0 unspecified atom stereocenters. The molecule has 1 N–H and O–H groups in total. The zero-order valence-electron chi connectivity index (χ0n) is 10.1. The van der Waals surface area contributed by atoms with Gasteiger partial charge in [-0.15, -0.1) is 0 Å². The second kappa shape index (κ2) is 3.77. The third kappa shape index (κ3) is 2.38. The molecule has 0 bridgehead atoms. The molecule has 1 amide bonds. The summed E-state index contributed by atoms with van der Waals surface area (Å²) in [4.78, 5) is 13.6. The smallest absolute Gasteiger partial charge is 0.410 e. The van der Waals surface area contributed by atoms with E-state index >= 15 is 0 Å². The molecule has 4 nitrogen and oxygen atoms in total. The van der Waals surface area contributed by atoms with E-state index in [0.717, 1.165) is 6.42 Å². The standard InChI is InChI=1S/C12H19NO3/c1-12(2,3)16-11(15)13-6-9-4-8(9)5-10(13)7-14/h4,9-10,14H,5-7H2,1-3H3/t9-,10+/m1/s1. The van der Waals surface area contributed by atoms with Crippen molar-refractivity contribution in [2.45, 2.75) is 38.8 Å². The molecule has 0 saturated carbocycles. The van der Waals surface area contributed by atoms with Crippen LogP contribution in [0.15, 0.2) is 11.6 Å². The van der Waals surface area contributed by atoms with E-state index in [1.165, 1.54) is 5.57 Å². The van der Waals surface area contributed by atoms with Crippen molar-refractivity contribution >= 4 is 6.09 Å². The minimum atomic E-state index is -0.478. The van der Waals surface area contributed by atoms with Gasteiger partial charge in [-0.05, 0) is 27.2 Å². The van der Waals surface area contributed by atoms with Crippen molar-refractivity contribution < 1.29 is 14.6 Å². The van der Waals surface area contributed by atoms with Crippen LogP contribution < -0.4 is 0 Å². The Labute approximate surface area is 95.9 Å². The molecule has 16 heavy (non-hydrogen) atoms. The Balaban J connectivity index is 1.99. The number of aliphatic hydroxyl groups is 1. The zero-order chi connectivity index (χ0) is 11.9. The Hall–Kier alpha value is -1.03. The number of hydrogen-bond donors (Lipinski definition) is 1. The Morgan fingerprint density at radius 3 is 2.88 bits per heavy atom. The molecule has 1 heterocycles. The maximum absolute atomic E-state index is 11.9. The summed E-state index contributed by atoms with van der Waals surface area (Å²) in [5, 5.41) is 9.27. The minimum Gasteiger partial charge on any atom is -0.444 e. The Morgan fingerprint density at radius 2 is 2.31 bits per heavy atom. The van der Waals surface area contributed by atoms with Crippen LogP contribution in [0.25, 0.3) is 0 Å². The Morgan fingerprint density at radius 1 is 1.62 bits per heavy atom. The van der Waals surface area contributed by atoms with E-state index in [-0.39, 0.29) is 18.7 Å². The van der Waals surface area contributed by atoms with Crippen molar-refractivity contribution in [3.63, 3.8) is 0 Å². The molecule has 90 valence electrons. The number of fused-ring (bicyclic) bond motifs is 1. The van der Waals surface area contributed by atoms with Crippen LogP contribution in [0.4, 0.5) is 4.79 Å². The number of carbonyl (C=O) groups is 1. The number of piperidine rings is 1. The predicted molar refractivity (Wildman–Crippen MR) is 60.0 cm³/mol. The molecule has 0 radical (unpaired) electrons. The summed E-state index contributed by atoms with van der Waals surface area (Å²) in [5.74, 6) is 0.440. The van der Waals surface area contributed by atoms with Crippen molar-refractivity contribution in [2.24, 2.45) is 5.92 Å². The van der Waals surface area contributed by atoms with Crippen LogP contribution in [0.5, 0.6) is 0 Å². The zero-order valence-corrected chi connectivity index (χ0v) is 10.1. The first-order chi connectivity index (χ1) is 7.40. The molecule has 4 heteroatoms. The predicted octanol–water partition coefficient (Wildman–Crippen LogP) is 1.54. The average Bonchev–Trinajstić information content (AvgIpc) is 2.90. The first kappa shape index (κ1) is 11.5. The third-order valence-corrected chi connectivity index (χ3v) is 2.93. The number of hydrogen-bond acceptors (Lipinski definition) is 3. The summed E-state index contributed by atoms with van der Waals surface area (Å²) in [7, 11) is 0. The molecular formula is C12H19NO3. The van der Waals surface area contributed by atoms with E-state index in [4.69, 9.17) is 4.74 Å². The third-order valence-electron chi connectivity index (χ3n) is 2.93. The number of ether oxygens (including phenoxy) is 1. The van der Waals surface area contributed by atoms with Crippen LogP contribution in [0.1, 0.15) is 27.2 Å².